The third-order valence-electron chi connectivity index (χ3n) is 4.48. The maximum atomic E-state index is 12.2. The molecule has 0 saturated carbocycles. The lowest BCUT2D eigenvalue weighted by Crippen LogP contribution is -2.38. The maximum Gasteiger partial charge on any atom is 0.250 e. The molecule has 0 bridgehead atoms. The van der Waals surface area contributed by atoms with E-state index >= 15 is 0 Å². The summed E-state index contributed by atoms with van der Waals surface area (Å²) in [6.45, 7) is 3.54. The number of carbonyl (C=O) groups excluding carboxylic acids is 1. The molecule has 2 saturated heterocycles. The predicted octanol–water partition coefficient (Wildman–Crippen LogP) is 2.61. The Kier molecular flexibility index (Phi) is 5.65. The zero-order valence-electron chi connectivity index (χ0n) is 15.4. The Bertz CT molecular complexity index is 901. The topological polar surface area (TPSA) is 85.3 Å². The lowest BCUT2D eigenvalue weighted by molar-refractivity contribution is -0.120. The summed E-state index contributed by atoms with van der Waals surface area (Å²) in [5.41, 5.74) is 0.565. The van der Waals surface area contributed by atoms with E-state index in [2.05, 4.69) is 4.99 Å². The number of amidine groups is 1. The average Bonchev–Trinajstić information content (AvgIpc) is 3.05. The second kappa shape index (κ2) is 7.52. The van der Waals surface area contributed by atoms with E-state index in [0.29, 0.717) is 27.4 Å². The Morgan fingerprint density at radius 2 is 1.93 bits per heavy atom. The molecule has 27 heavy (non-hydrogen) atoms. The number of anilines is 1. The van der Waals surface area contributed by atoms with Crippen LogP contribution in [-0.4, -0.2) is 56.5 Å². The lowest BCUT2D eigenvalue weighted by atomic mass is 10.1. The second-order valence-corrected chi connectivity index (χ2v) is 10.5. The molecule has 2 atom stereocenters. The van der Waals surface area contributed by atoms with Crippen LogP contribution in [0.4, 0.5) is 5.69 Å². The van der Waals surface area contributed by atoms with Gasteiger partial charge < -0.3 is 14.4 Å². The van der Waals surface area contributed by atoms with E-state index in [4.69, 9.17) is 21.1 Å². The molecule has 1 aromatic rings. The molecule has 1 aromatic carbocycles. The number of rotatable bonds is 4. The molecule has 0 aliphatic carbocycles. The molecule has 148 valence electrons. The SMILES string of the molecule is COc1cc(OC)c(N2C(=NC(=O)C(C)C)S[C@H]3CS(=O)(=O)C[C@@H]32)cc1Cl. The second-order valence-electron chi connectivity index (χ2n) is 6.72. The first kappa shape index (κ1) is 20.3. The van der Waals surface area contributed by atoms with Crippen molar-refractivity contribution >= 4 is 50.0 Å². The summed E-state index contributed by atoms with van der Waals surface area (Å²) < 4.78 is 35.0. The van der Waals surface area contributed by atoms with E-state index in [0.717, 1.165) is 0 Å². The summed E-state index contributed by atoms with van der Waals surface area (Å²) in [5.74, 6) is 0.434. The predicted molar refractivity (Wildman–Crippen MR) is 108 cm³/mol. The van der Waals surface area contributed by atoms with Crippen LogP contribution in [0.25, 0.3) is 0 Å². The highest BCUT2D eigenvalue weighted by Crippen LogP contribution is 2.46. The fourth-order valence-corrected chi connectivity index (χ4v) is 7.25. The highest BCUT2D eigenvalue weighted by molar-refractivity contribution is 8.16. The highest BCUT2D eigenvalue weighted by Gasteiger charge is 2.50. The summed E-state index contributed by atoms with van der Waals surface area (Å²) in [4.78, 5) is 18.2. The number of methoxy groups -OCH3 is 2. The number of hydrogen-bond acceptors (Lipinski definition) is 6. The normalized spacial score (nSPS) is 25.1. The fourth-order valence-electron chi connectivity index (χ4n) is 3.10. The number of carbonyl (C=O) groups is 1. The smallest absolute Gasteiger partial charge is 0.250 e. The van der Waals surface area contributed by atoms with Gasteiger partial charge in [0.2, 0.25) is 0 Å². The van der Waals surface area contributed by atoms with E-state index in [1.807, 2.05) is 0 Å². The fraction of sp³-hybridized carbons (Fsp3) is 0.529. The first-order chi connectivity index (χ1) is 12.7. The summed E-state index contributed by atoms with van der Waals surface area (Å²) in [6, 6.07) is 2.96. The van der Waals surface area contributed by atoms with Crippen LogP contribution < -0.4 is 14.4 Å². The van der Waals surface area contributed by atoms with Gasteiger partial charge in [0.15, 0.2) is 15.0 Å². The zero-order chi connectivity index (χ0) is 19.9. The molecule has 2 fully saturated rings. The van der Waals surface area contributed by atoms with Gasteiger partial charge in [-0.1, -0.05) is 37.2 Å². The molecule has 3 rings (SSSR count). The average molecular weight is 433 g/mol. The Morgan fingerprint density at radius 1 is 1.26 bits per heavy atom. The minimum atomic E-state index is -3.16. The van der Waals surface area contributed by atoms with Crippen molar-refractivity contribution in [2.75, 3.05) is 30.6 Å². The minimum Gasteiger partial charge on any atom is -0.495 e. The summed E-state index contributed by atoms with van der Waals surface area (Å²) >= 11 is 7.61. The third kappa shape index (κ3) is 3.90. The first-order valence-electron chi connectivity index (χ1n) is 8.37. The van der Waals surface area contributed by atoms with E-state index in [9.17, 15) is 13.2 Å². The van der Waals surface area contributed by atoms with Crippen LogP contribution >= 0.6 is 23.4 Å². The van der Waals surface area contributed by atoms with Crippen LogP contribution in [0.2, 0.25) is 5.02 Å². The van der Waals surface area contributed by atoms with Crippen molar-refractivity contribution < 1.29 is 22.7 Å². The van der Waals surface area contributed by atoms with Crippen molar-refractivity contribution in [1.29, 1.82) is 0 Å². The number of halogens is 1. The number of aliphatic imine (C=N–C) groups is 1. The van der Waals surface area contributed by atoms with Crippen LogP contribution in [0.1, 0.15) is 13.8 Å². The standard InChI is InChI=1S/C17H21ClN2O5S2/c1-9(2)16(21)19-17-20(12-7-27(22,23)8-15(12)26-17)11-5-10(18)13(24-3)6-14(11)25-4/h5-6,9,12,15H,7-8H2,1-4H3/t12-,15-/m0/s1. The van der Waals surface area contributed by atoms with Gasteiger partial charge in [0, 0.05) is 17.2 Å². The third-order valence-corrected chi connectivity index (χ3v) is 7.98. The molecule has 7 nitrogen and oxygen atoms in total. The summed E-state index contributed by atoms with van der Waals surface area (Å²) in [5, 5.41) is 0.634. The molecular weight excluding hydrogens is 412 g/mol. The van der Waals surface area contributed by atoms with Gasteiger partial charge in [0.05, 0.1) is 42.5 Å². The van der Waals surface area contributed by atoms with Gasteiger partial charge in [-0.05, 0) is 6.07 Å². The van der Waals surface area contributed by atoms with Gasteiger partial charge in [-0.25, -0.2) is 8.42 Å². The number of hydrogen-bond donors (Lipinski definition) is 0. The molecule has 0 unspecified atom stereocenters. The number of fused-ring (bicyclic) bond motifs is 1. The van der Waals surface area contributed by atoms with Crippen molar-refractivity contribution in [2.24, 2.45) is 10.9 Å². The molecule has 2 heterocycles. The van der Waals surface area contributed by atoms with Crippen LogP contribution in [0.3, 0.4) is 0 Å². The largest absolute Gasteiger partial charge is 0.495 e. The molecule has 10 heteroatoms. The van der Waals surface area contributed by atoms with E-state index in [1.165, 1.54) is 26.0 Å². The zero-order valence-corrected chi connectivity index (χ0v) is 17.8. The van der Waals surface area contributed by atoms with Crippen LogP contribution in [0, 0.1) is 5.92 Å². The number of thioether (sulfide) groups is 1. The molecule has 0 radical (unpaired) electrons. The molecule has 2 aliphatic rings. The van der Waals surface area contributed by atoms with Crippen molar-refractivity contribution in [3.63, 3.8) is 0 Å². The van der Waals surface area contributed by atoms with Gasteiger partial charge in [0.25, 0.3) is 5.91 Å². The minimum absolute atomic E-state index is 0.00758. The van der Waals surface area contributed by atoms with Gasteiger partial charge >= 0.3 is 0 Å². The van der Waals surface area contributed by atoms with Crippen LogP contribution in [0.5, 0.6) is 11.5 Å². The number of benzene rings is 1. The number of sulfone groups is 1. The maximum absolute atomic E-state index is 12.2. The quantitative estimate of drug-likeness (QED) is 0.722. The first-order valence-corrected chi connectivity index (χ1v) is 11.4. The number of nitrogens with zero attached hydrogens (tertiary/aromatic N) is 2. The van der Waals surface area contributed by atoms with E-state index in [1.54, 1.807) is 30.9 Å². The molecule has 0 N–H and O–H groups in total. The number of amides is 1. The van der Waals surface area contributed by atoms with Crippen LogP contribution in [-0.2, 0) is 14.6 Å². The van der Waals surface area contributed by atoms with Crippen molar-refractivity contribution in [3.8, 4) is 11.5 Å². The summed E-state index contributed by atoms with van der Waals surface area (Å²) in [6.07, 6.45) is 0. The lowest BCUT2D eigenvalue weighted by Gasteiger charge is -2.27. The van der Waals surface area contributed by atoms with Crippen molar-refractivity contribution in [2.45, 2.75) is 25.1 Å². The number of ether oxygens (including phenoxy) is 2. The Morgan fingerprint density at radius 3 is 2.52 bits per heavy atom. The Hall–Kier alpha value is -1.45. The van der Waals surface area contributed by atoms with Gasteiger partial charge in [-0.15, -0.1) is 0 Å². The molecule has 1 amide bonds. The van der Waals surface area contributed by atoms with Crippen molar-refractivity contribution in [3.05, 3.63) is 17.2 Å². The monoisotopic (exact) mass is 432 g/mol. The van der Waals surface area contributed by atoms with Gasteiger partial charge in [-0.2, -0.15) is 4.99 Å². The van der Waals surface area contributed by atoms with Crippen LogP contribution in [0.15, 0.2) is 17.1 Å². The van der Waals surface area contributed by atoms with E-state index in [-0.39, 0.29) is 34.6 Å². The Balaban J connectivity index is 2.13. The molecule has 0 aromatic heterocycles. The van der Waals surface area contributed by atoms with Gasteiger partial charge in [-0.3, -0.25) is 4.79 Å². The highest BCUT2D eigenvalue weighted by atomic mass is 35.5. The van der Waals surface area contributed by atoms with Crippen molar-refractivity contribution in [1.82, 2.24) is 0 Å². The molecule has 2 aliphatic heterocycles. The molecule has 0 spiro atoms. The van der Waals surface area contributed by atoms with E-state index < -0.39 is 9.84 Å². The summed E-state index contributed by atoms with van der Waals surface area (Å²) in [7, 11) is -0.150. The Labute approximate surface area is 168 Å². The van der Waals surface area contributed by atoms with Gasteiger partial charge in [0.1, 0.15) is 11.5 Å². The molecular formula is C17H21ClN2O5S2.